The van der Waals surface area contributed by atoms with E-state index in [1.165, 1.54) is 41.5 Å². The maximum Gasteiger partial charge on any atom is 0.303 e. The van der Waals surface area contributed by atoms with Crippen molar-refractivity contribution in [2.75, 3.05) is 92.2 Å². The zero-order chi connectivity index (χ0) is 97.6. The van der Waals surface area contributed by atoms with Gasteiger partial charge in [0.2, 0.25) is 47.3 Å². The van der Waals surface area contributed by atoms with Crippen molar-refractivity contribution in [2.24, 2.45) is 0 Å². The summed E-state index contributed by atoms with van der Waals surface area (Å²) < 4.78 is 104. The van der Waals surface area contributed by atoms with Crippen molar-refractivity contribution in [1.29, 1.82) is 0 Å². The highest BCUT2D eigenvalue weighted by Crippen LogP contribution is 2.33. The van der Waals surface area contributed by atoms with E-state index in [1.54, 1.807) is 6.08 Å². The SMILES string of the molecule is CC(=O)N[C@H]1[C@H](OCCCCCCNC(=O)CCO[C@@H]2[C@H](OCCC(=O)NCCCCCCO[C@@H]3O[C@H](COC(C)=O)C(OC(C)=O)[C@H](OC(C)=O)[C@H]3NC(C)=O)C=C(C(=O)NCCCCCC(=O)NCCCCC(=O)O)C[C@H]2OCCC(=O)NCCCCCCOC2O[C@H](COC(C)=O)[C@H](OC(C)=O)[C@H](OC(C)=O)[C@H]2NC(C)=O)O[C@H](COC(C)=O)C(OC(C)=O)[C@@H]1OC(C)=O. The summed E-state index contributed by atoms with van der Waals surface area (Å²) in [6, 6.07) is -3.45. The Labute approximate surface area is 768 Å². The first-order chi connectivity index (χ1) is 62.8. The molecule has 9 N–H and O–H groups in total. The summed E-state index contributed by atoms with van der Waals surface area (Å²) in [6.07, 6.45) is -7.74. The van der Waals surface area contributed by atoms with E-state index in [1.807, 2.05) is 0 Å². The molecular weight excluding hydrogens is 1750 g/mol. The minimum atomic E-state index is -1.30. The lowest BCUT2D eigenvalue weighted by Gasteiger charge is -2.44. The van der Waals surface area contributed by atoms with Crippen LogP contribution in [0.3, 0.4) is 0 Å². The van der Waals surface area contributed by atoms with Gasteiger partial charge in [0.15, 0.2) is 55.5 Å². The average molecular weight is 1890 g/mol. The Morgan fingerprint density at radius 1 is 0.303 bits per heavy atom. The lowest BCUT2D eigenvalue weighted by atomic mass is 9.91. The first kappa shape index (κ1) is 114. The summed E-state index contributed by atoms with van der Waals surface area (Å²) >= 11 is 0. The van der Waals surface area contributed by atoms with Crippen molar-refractivity contribution in [3.8, 4) is 0 Å². The van der Waals surface area contributed by atoms with Crippen LogP contribution in [0.1, 0.15) is 231 Å². The molecule has 18 atom stereocenters. The summed E-state index contributed by atoms with van der Waals surface area (Å²) in [7, 11) is 0. The highest BCUT2D eigenvalue weighted by molar-refractivity contribution is 5.94. The Morgan fingerprint density at radius 3 is 0.917 bits per heavy atom. The number of hydrogen-bond donors (Lipinski definition) is 9. The van der Waals surface area contributed by atoms with Crippen molar-refractivity contribution in [1.82, 2.24) is 42.5 Å². The summed E-state index contributed by atoms with van der Waals surface area (Å²) in [5.74, 6) is -10.9. The van der Waals surface area contributed by atoms with Gasteiger partial charge in [-0.15, -0.1) is 0 Å². The molecule has 132 heavy (non-hydrogen) atoms. The molecule has 8 amide bonds. The maximum absolute atomic E-state index is 14.2. The molecule has 45 heteroatoms. The molecule has 3 saturated heterocycles. The quantitative estimate of drug-likeness (QED) is 0.0238. The zero-order valence-electron chi connectivity index (χ0n) is 77.8. The number of carbonyl (C=O) groups excluding carboxylic acids is 17. The van der Waals surface area contributed by atoms with E-state index in [-0.39, 0.29) is 134 Å². The van der Waals surface area contributed by atoms with Crippen LogP contribution < -0.4 is 42.5 Å². The van der Waals surface area contributed by atoms with Crippen LogP contribution in [-0.2, 0) is 172 Å². The predicted molar refractivity (Wildman–Crippen MR) is 456 cm³/mol. The fourth-order valence-corrected chi connectivity index (χ4v) is 14.7. The molecule has 45 nitrogen and oxygen atoms in total. The van der Waals surface area contributed by atoms with E-state index in [2.05, 4.69) is 42.5 Å². The molecule has 0 aromatic carbocycles. The van der Waals surface area contributed by atoms with Crippen LogP contribution in [0.2, 0.25) is 0 Å². The molecule has 748 valence electrons. The summed E-state index contributed by atoms with van der Waals surface area (Å²) in [6.45, 7) is 13.7. The van der Waals surface area contributed by atoms with Gasteiger partial charge in [-0.2, -0.15) is 0 Å². The molecule has 0 spiro atoms. The Hall–Kier alpha value is -10.2. The number of esters is 9. The van der Waals surface area contributed by atoms with E-state index >= 15 is 0 Å². The van der Waals surface area contributed by atoms with Crippen molar-refractivity contribution in [3.63, 3.8) is 0 Å². The van der Waals surface area contributed by atoms with Crippen molar-refractivity contribution >= 4 is 107 Å². The minimum absolute atomic E-state index is 0.00408. The van der Waals surface area contributed by atoms with Gasteiger partial charge in [-0.05, 0) is 70.3 Å². The number of nitrogens with one attached hydrogen (secondary N) is 8. The molecule has 4 aliphatic rings. The van der Waals surface area contributed by atoms with Crippen LogP contribution in [-0.4, -0.2) is 314 Å². The third-order valence-corrected chi connectivity index (χ3v) is 20.5. The predicted octanol–water partition coefficient (Wildman–Crippen LogP) is 1.74. The van der Waals surface area contributed by atoms with E-state index in [0.29, 0.717) is 116 Å². The second kappa shape index (κ2) is 63.9. The normalized spacial score (nSPS) is 23.7. The number of unbranched alkanes of at least 4 members (excludes halogenated alkanes) is 12. The third-order valence-electron chi connectivity index (χ3n) is 20.5. The van der Waals surface area contributed by atoms with E-state index in [9.17, 15) is 86.3 Å². The minimum Gasteiger partial charge on any atom is -0.481 e. The van der Waals surface area contributed by atoms with E-state index in [0.717, 1.165) is 41.5 Å². The first-order valence-electron chi connectivity index (χ1n) is 45.0. The first-order valence-corrected chi connectivity index (χ1v) is 45.0. The van der Waals surface area contributed by atoms with Gasteiger partial charge in [-0.3, -0.25) is 86.3 Å². The standard InChI is InChI=1S/C87H138N8O37/c1-51(96)93-74-81(127-60(10)105)78(124-57(7)102)66(48-121-54(4)99)130-85(74)118-40-27-16-13-22-35-89-70(109)32-43-115-64-46-63(84(114)92-39-25-19-20-30-69(108)88-38-26-21-31-73(112)113)47-65(116-44-33-71(110)90-36-23-14-17-28-41-119-86-75(94-52(2)97)82(128-61(11)106)79(125-58(8)103)67(131-86)49-122-55(5)100)77(64)117-45-34-72(111)91-37-24-15-18-29-42-120-87-76(95-53(3)98)83(129-62(12)107)80(126-59(9)104)68(132-87)50-123-56(6)101/h46,64-68,74-83,85-87H,13-45,47-50H2,1-12H3,(H,88,108)(H,89,109)(H,90,110)(H,91,111)(H,92,114)(H,93,96)(H,94,97)(H,95,98)(H,112,113)/t64-,65-,66-,67-,68-,74-,75-,76-,77-,78?,79+,80?,81-,82-,83-,85-,86?,87-/m1/s1. The smallest absolute Gasteiger partial charge is 0.303 e. The molecule has 0 aromatic heterocycles. The van der Waals surface area contributed by atoms with Gasteiger partial charge >= 0.3 is 59.7 Å². The molecule has 3 unspecified atom stereocenters. The Bertz CT molecular complexity index is 3740. The second-order valence-corrected chi connectivity index (χ2v) is 32.1. The van der Waals surface area contributed by atoms with Crippen LogP contribution in [0.5, 0.6) is 0 Å². The number of amides is 8. The molecule has 3 heterocycles. The van der Waals surface area contributed by atoms with Crippen molar-refractivity contribution < 1.29 is 177 Å². The highest BCUT2D eigenvalue weighted by Gasteiger charge is 2.55. The number of rotatable bonds is 63. The Balaban J connectivity index is 1.46. The van der Waals surface area contributed by atoms with Gasteiger partial charge in [0.05, 0.1) is 25.9 Å². The van der Waals surface area contributed by atoms with Gasteiger partial charge in [0.1, 0.15) is 68.5 Å². The molecule has 0 bridgehead atoms. The molecule has 1 aliphatic carbocycles. The van der Waals surface area contributed by atoms with Gasteiger partial charge < -0.3 is 133 Å². The average Bonchev–Trinajstić information content (AvgIpc) is 0.795. The third kappa shape index (κ3) is 47.5. The van der Waals surface area contributed by atoms with Gasteiger partial charge in [-0.25, -0.2) is 0 Å². The van der Waals surface area contributed by atoms with Gasteiger partial charge in [0, 0.05) is 180 Å². The zero-order valence-corrected chi connectivity index (χ0v) is 77.8. The number of carboxylic acids is 1. The number of hydrogen-bond acceptors (Lipinski definition) is 36. The fraction of sp³-hybridized carbons (Fsp3) is 0.770. The van der Waals surface area contributed by atoms with Crippen LogP contribution >= 0.6 is 0 Å². The molecule has 3 fully saturated rings. The monoisotopic (exact) mass is 1890 g/mol. The van der Waals surface area contributed by atoms with Gasteiger partial charge in [-0.1, -0.05) is 44.9 Å². The van der Waals surface area contributed by atoms with Crippen LogP contribution in [0.4, 0.5) is 0 Å². The topological polar surface area (TPSA) is 590 Å². The van der Waals surface area contributed by atoms with E-state index in [4.69, 9.17) is 90.4 Å². The number of carboxylic acid groups (broad SMARTS) is 1. The van der Waals surface area contributed by atoms with Crippen molar-refractivity contribution in [3.05, 3.63) is 11.6 Å². The lowest BCUT2D eigenvalue weighted by Crippen LogP contribution is -2.66. The van der Waals surface area contributed by atoms with E-state index < -0.39 is 213 Å². The molecule has 0 saturated carbocycles. The Morgan fingerprint density at radius 2 is 0.591 bits per heavy atom. The Kier molecular flexibility index (Phi) is 55.2. The number of ether oxygens (including phenoxy) is 18. The van der Waals surface area contributed by atoms with Crippen LogP contribution in [0.25, 0.3) is 0 Å². The van der Waals surface area contributed by atoms with Crippen LogP contribution in [0, 0.1) is 0 Å². The lowest BCUT2D eigenvalue weighted by molar-refractivity contribution is -0.277. The summed E-state index contributed by atoms with van der Waals surface area (Å²) in [5.41, 5.74) is 0.229. The van der Waals surface area contributed by atoms with Crippen LogP contribution in [0.15, 0.2) is 11.6 Å². The van der Waals surface area contributed by atoms with Crippen molar-refractivity contribution in [2.45, 2.75) is 341 Å². The highest BCUT2D eigenvalue weighted by atomic mass is 16.7. The molecule has 0 radical (unpaired) electrons. The summed E-state index contributed by atoms with van der Waals surface area (Å²) in [4.78, 5) is 225. The molecule has 3 aliphatic heterocycles. The number of carbonyl (C=O) groups is 18. The fourth-order valence-electron chi connectivity index (χ4n) is 14.7. The second-order valence-electron chi connectivity index (χ2n) is 32.1. The van der Waals surface area contributed by atoms with Gasteiger partial charge in [0.25, 0.3) is 0 Å². The largest absolute Gasteiger partial charge is 0.481 e. The molecule has 0 aromatic rings. The summed E-state index contributed by atoms with van der Waals surface area (Å²) in [5, 5.41) is 31.3. The maximum atomic E-state index is 14.2. The molecular formula is C87H138N8O37. The number of aliphatic carboxylic acids is 1. The molecule has 4 rings (SSSR count).